The van der Waals surface area contributed by atoms with Crippen LogP contribution in [-0.2, 0) is 0 Å². The maximum Gasteiger partial charge on any atom is 0.0577 e. The van der Waals surface area contributed by atoms with Crippen LogP contribution in [0.15, 0.2) is 18.2 Å². The Labute approximate surface area is 110 Å². The Bertz CT molecular complexity index is 368. The zero-order valence-corrected chi connectivity index (χ0v) is 11.4. The number of nitrogen functional groups attached to an aromatic ring is 1. The van der Waals surface area contributed by atoms with Crippen molar-refractivity contribution in [3.8, 4) is 0 Å². The fourth-order valence-corrected chi connectivity index (χ4v) is 2.53. The summed E-state index contributed by atoms with van der Waals surface area (Å²) >= 11 is 0. The van der Waals surface area contributed by atoms with Gasteiger partial charge in [-0.05, 0) is 50.6 Å². The lowest BCUT2D eigenvalue weighted by atomic mass is 10.2. The van der Waals surface area contributed by atoms with Gasteiger partial charge in [-0.25, -0.2) is 0 Å². The maximum atomic E-state index is 5.96. The van der Waals surface area contributed by atoms with Crippen LogP contribution in [0.4, 0.5) is 11.4 Å². The summed E-state index contributed by atoms with van der Waals surface area (Å²) in [4.78, 5) is 2.56. The zero-order chi connectivity index (χ0) is 12.8. The molecule has 1 aromatic carbocycles. The SMILES string of the molecule is Cc1ccc(N)c(NCCN2CCCCCC2)c1. The molecule has 0 spiro atoms. The van der Waals surface area contributed by atoms with Crippen LogP contribution in [-0.4, -0.2) is 31.1 Å². The number of likely N-dealkylation sites (tertiary alicyclic amines) is 1. The number of nitrogens with zero attached hydrogens (tertiary/aromatic N) is 1. The Hall–Kier alpha value is -1.22. The average molecular weight is 247 g/mol. The van der Waals surface area contributed by atoms with Crippen molar-refractivity contribution in [3.05, 3.63) is 23.8 Å². The van der Waals surface area contributed by atoms with Crippen molar-refractivity contribution in [1.29, 1.82) is 0 Å². The van der Waals surface area contributed by atoms with Crippen LogP contribution in [0.1, 0.15) is 31.2 Å². The lowest BCUT2D eigenvalue weighted by molar-refractivity contribution is 0.296. The van der Waals surface area contributed by atoms with E-state index in [-0.39, 0.29) is 0 Å². The summed E-state index contributed by atoms with van der Waals surface area (Å²) < 4.78 is 0. The number of rotatable bonds is 4. The van der Waals surface area contributed by atoms with Crippen LogP contribution in [0.5, 0.6) is 0 Å². The summed E-state index contributed by atoms with van der Waals surface area (Å²) in [6.45, 7) is 6.70. The van der Waals surface area contributed by atoms with E-state index in [4.69, 9.17) is 5.73 Å². The van der Waals surface area contributed by atoms with Gasteiger partial charge < -0.3 is 16.0 Å². The first-order chi connectivity index (χ1) is 8.75. The number of hydrogen-bond donors (Lipinski definition) is 2. The molecule has 1 aliphatic rings. The average Bonchev–Trinajstić information content (AvgIpc) is 2.62. The summed E-state index contributed by atoms with van der Waals surface area (Å²) in [6.07, 6.45) is 5.50. The van der Waals surface area contributed by atoms with E-state index in [9.17, 15) is 0 Å². The normalized spacial score (nSPS) is 17.4. The molecule has 3 nitrogen and oxygen atoms in total. The Morgan fingerprint density at radius 3 is 2.61 bits per heavy atom. The first-order valence-corrected chi connectivity index (χ1v) is 7.08. The summed E-state index contributed by atoms with van der Waals surface area (Å²) in [5, 5.41) is 3.45. The molecule has 1 fully saturated rings. The van der Waals surface area contributed by atoms with Crippen LogP contribution in [0, 0.1) is 6.92 Å². The Kier molecular flexibility index (Phi) is 4.88. The number of benzene rings is 1. The summed E-state index contributed by atoms with van der Waals surface area (Å²) in [5.74, 6) is 0. The third-order valence-electron chi connectivity index (χ3n) is 3.65. The molecular formula is C15H25N3. The van der Waals surface area contributed by atoms with Gasteiger partial charge in [-0.3, -0.25) is 0 Å². The van der Waals surface area contributed by atoms with E-state index >= 15 is 0 Å². The molecular weight excluding hydrogens is 222 g/mol. The van der Waals surface area contributed by atoms with Gasteiger partial charge in [0.15, 0.2) is 0 Å². The van der Waals surface area contributed by atoms with Crippen molar-refractivity contribution in [2.24, 2.45) is 0 Å². The number of nitrogens with one attached hydrogen (secondary N) is 1. The van der Waals surface area contributed by atoms with Gasteiger partial charge in [0.1, 0.15) is 0 Å². The highest BCUT2D eigenvalue weighted by molar-refractivity contribution is 5.66. The number of aryl methyl sites for hydroxylation is 1. The van der Waals surface area contributed by atoms with Crippen LogP contribution >= 0.6 is 0 Å². The molecule has 18 heavy (non-hydrogen) atoms. The van der Waals surface area contributed by atoms with E-state index in [0.717, 1.165) is 24.5 Å². The Balaban J connectivity index is 1.78. The molecule has 0 saturated carbocycles. The van der Waals surface area contributed by atoms with Gasteiger partial charge in [-0.15, -0.1) is 0 Å². The van der Waals surface area contributed by atoms with E-state index in [0.29, 0.717) is 0 Å². The molecule has 3 N–H and O–H groups in total. The summed E-state index contributed by atoms with van der Waals surface area (Å²) in [7, 11) is 0. The highest BCUT2D eigenvalue weighted by Gasteiger charge is 2.08. The van der Waals surface area contributed by atoms with Gasteiger partial charge >= 0.3 is 0 Å². The highest BCUT2D eigenvalue weighted by Crippen LogP contribution is 2.19. The van der Waals surface area contributed by atoms with Crippen molar-refractivity contribution in [1.82, 2.24) is 4.90 Å². The minimum atomic E-state index is 0.844. The van der Waals surface area contributed by atoms with E-state index in [1.54, 1.807) is 0 Å². The fourth-order valence-electron chi connectivity index (χ4n) is 2.53. The number of nitrogens with two attached hydrogens (primary N) is 1. The molecule has 3 heteroatoms. The minimum absolute atomic E-state index is 0.844. The Morgan fingerprint density at radius 2 is 1.89 bits per heavy atom. The largest absolute Gasteiger partial charge is 0.397 e. The first kappa shape index (κ1) is 13.2. The second-order valence-corrected chi connectivity index (χ2v) is 5.27. The van der Waals surface area contributed by atoms with Crippen LogP contribution in [0.25, 0.3) is 0 Å². The minimum Gasteiger partial charge on any atom is -0.397 e. The zero-order valence-electron chi connectivity index (χ0n) is 11.4. The van der Waals surface area contributed by atoms with Crippen LogP contribution < -0.4 is 11.1 Å². The molecule has 1 aliphatic heterocycles. The second kappa shape index (κ2) is 6.64. The van der Waals surface area contributed by atoms with Gasteiger partial charge in [0.05, 0.1) is 11.4 Å². The smallest absolute Gasteiger partial charge is 0.0577 e. The number of hydrogen-bond acceptors (Lipinski definition) is 3. The van der Waals surface area contributed by atoms with Gasteiger partial charge in [0.25, 0.3) is 0 Å². The van der Waals surface area contributed by atoms with Crippen molar-refractivity contribution >= 4 is 11.4 Å². The van der Waals surface area contributed by atoms with Crippen LogP contribution in [0.3, 0.4) is 0 Å². The summed E-state index contributed by atoms with van der Waals surface area (Å²) in [6, 6.07) is 6.15. The van der Waals surface area contributed by atoms with Crippen LogP contribution in [0.2, 0.25) is 0 Å². The molecule has 1 saturated heterocycles. The van der Waals surface area contributed by atoms with Crippen molar-refractivity contribution < 1.29 is 0 Å². The predicted octanol–water partition coefficient (Wildman–Crippen LogP) is 2.87. The summed E-state index contributed by atoms with van der Waals surface area (Å²) in [5.41, 5.74) is 9.13. The van der Waals surface area contributed by atoms with Crippen molar-refractivity contribution in [2.75, 3.05) is 37.2 Å². The van der Waals surface area contributed by atoms with Gasteiger partial charge in [-0.1, -0.05) is 18.9 Å². The molecule has 1 aromatic rings. The molecule has 0 aliphatic carbocycles. The molecule has 0 aromatic heterocycles. The Morgan fingerprint density at radius 1 is 1.17 bits per heavy atom. The molecule has 0 bridgehead atoms. The van der Waals surface area contributed by atoms with Gasteiger partial charge in [0, 0.05) is 13.1 Å². The quantitative estimate of drug-likeness (QED) is 0.804. The number of anilines is 2. The van der Waals surface area contributed by atoms with Crippen molar-refractivity contribution in [2.45, 2.75) is 32.6 Å². The lowest BCUT2D eigenvalue weighted by Gasteiger charge is -2.20. The predicted molar refractivity (Wildman–Crippen MR) is 79.0 cm³/mol. The second-order valence-electron chi connectivity index (χ2n) is 5.27. The fraction of sp³-hybridized carbons (Fsp3) is 0.600. The van der Waals surface area contributed by atoms with Crippen molar-refractivity contribution in [3.63, 3.8) is 0 Å². The molecule has 0 unspecified atom stereocenters. The molecule has 1 heterocycles. The monoisotopic (exact) mass is 247 g/mol. The van der Waals surface area contributed by atoms with E-state index in [1.807, 2.05) is 6.07 Å². The van der Waals surface area contributed by atoms with E-state index in [2.05, 4.69) is 29.3 Å². The molecule has 0 amide bonds. The van der Waals surface area contributed by atoms with E-state index < -0.39 is 0 Å². The van der Waals surface area contributed by atoms with Gasteiger partial charge in [-0.2, -0.15) is 0 Å². The lowest BCUT2D eigenvalue weighted by Crippen LogP contribution is -2.30. The standard InChI is InChI=1S/C15H25N3/c1-13-6-7-14(16)15(12-13)17-8-11-18-9-4-2-3-5-10-18/h6-7,12,17H,2-5,8-11,16H2,1H3. The first-order valence-electron chi connectivity index (χ1n) is 7.08. The molecule has 0 atom stereocenters. The third-order valence-corrected chi connectivity index (χ3v) is 3.65. The topological polar surface area (TPSA) is 41.3 Å². The maximum absolute atomic E-state index is 5.96. The highest BCUT2D eigenvalue weighted by atomic mass is 15.1. The molecule has 2 rings (SSSR count). The molecule has 0 radical (unpaired) electrons. The van der Waals surface area contributed by atoms with Gasteiger partial charge in [0.2, 0.25) is 0 Å². The van der Waals surface area contributed by atoms with E-state index in [1.165, 1.54) is 44.3 Å². The third kappa shape index (κ3) is 3.91. The molecule has 100 valence electrons.